The minimum absolute atomic E-state index is 0.150. The van der Waals surface area contributed by atoms with Crippen LogP contribution in [0.15, 0.2) is 0 Å². The van der Waals surface area contributed by atoms with Crippen LogP contribution >= 0.6 is 0 Å². The minimum Gasteiger partial charge on any atom is -0.374 e. The molecule has 2 saturated heterocycles. The molecule has 2 rings (SSSR count). The van der Waals surface area contributed by atoms with Crippen molar-refractivity contribution >= 4 is 0 Å². The summed E-state index contributed by atoms with van der Waals surface area (Å²) in [5.74, 6) is -0.630. The predicted octanol–water partition coefficient (Wildman–Crippen LogP) is -0.835. The molecule has 4 atom stereocenters. The summed E-state index contributed by atoms with van der Waals surface area (Å²) in [6, 6.07) is 0. The van der Waals surface area contributed by atoms with E-state index in [1.54, 1.807) is 7.11 Å². The fourth-order valence-corrected chi connectivity index (χ4v) is 2.35. The average Bonchev–Trinajstić information content (AvgIpc) is 2.52. The molecular weight excluding hydrogens is 212 g/mol. The molecule has 0 radical (unpaired) electrons. The zero-order valence-electron chi connectivity index (χ0n) is 9.93. The van der Waals surface area contributed by atoms with E-state index in [0.717, 1.165) is 0 Å². The van der Waals surface area contributed by atoms with Gasteiger partial charge in [0.05, 0.1) is 6.61 Å². The Morgan fingerprint density at radius 3 is 2.62 bits per heavy atom. The van der Waals surface area contributed by atoms with E-state index in [1.165, 1.54) is 0 Å². The second kappa shape index (κ2) is 3.90. The van der Waals surface area contributed by atoms with Gasteiger partial charge in [0, 0.05) is 13.7 Å². The molecule has 0 bridgehead atoms. The smallest absolute Gasteiger partial charge is 0.164 e. The fourth-order valence-electron chi connectivity index (χ4n) is 2.35. The molecular formula is C10H20N2O4. The molecule has 0 aromatic heterocycles. The van der Waals surface area contributed by atoms with Crippen molar-refractivity contribution < 1.29 is 18.9 Å². The minimum atomic E-state index is -1.00. The summed E-state index contributed by atoms with van der Waals surface area (Å²) in [6.07, 6.45) is -0.802. The van der Waals surface area contributed by atoms with E-state index in [2.05, 4.69) is 0 Å². The Bertz CT molecular complexity index is 274. The topological polar surface area (TPSA) is 89.0 Å². The van der Waals surface area contributed by atoms with Crippen molar-refractivity contribution in [1.29, 1.82) is 0 Å². The third-order valence-corrected chi connectivity index (χ3v) is 3.09. The van der Waals surface area contributed by atoms with Crippen molar-refractivity contribution in [3.63, 3.8) is 0 Å². The SMILES string of the molecule is COC1[C@H]2OC(C)(C)O[C@@H]2CO[C@@]1(N)CN. The zero-order chi connectivity index (χ0) is 12.0. The van der Waals surface area contributed by atoms with E-state index in [9.17, 15) is 0 Å². The summed E-state index contributed by atoms with van der Waals surface area (Å²) in [5, 5.41) is 0. The van der Waals surface area contributed by atoms with Gasteiger partial charge in [-0.3, -0.25) is 0 Å². The summed E-state index contributed by atoms with van der Waals surface area (Å²) >= 11 is 0. The monoisotopic (exact) mass is 232 g/mol. The second-order valence-electron chi connectivity index (χ2n) is 4.76. The van der Waals surface area contributed by atoms with Gasteiger partial charge in [-0.2, -0.15) is 0 Å². The van der Waals surface area contributed by atoms with Crippen LogP contribution in [0.25, 0.3) is 0 Å². The average molecular weight is 232 g/mol. The number of fused-ring (bicyclic) bond motifs is 1. The predicted molar refractivity (Wildman–Crippen MR) is 56.5 cm³/mol. The summed E-state index contributed by atoms with van der Waals surface area (Å²) < 4.78 is 22.4. The lowest BCUT2D eigenvalue weighted by molar-refractivity contribution is -0.213. The van der Waals surface area contributed by atoms with E-state index in [4.69, 9.17) is 30.4 Å². The summed E-state index contributed by atoms with van der Waals surface area (Å²) in [7, 11) is 1.57. The van der Waals surface area contributed by atoms with Crippen LogP contribution in [0.1, 0.15) is 13.8 Å². The Hall–Kier alpha value is -0.240. The van der Waals surface area contributed by atoms with Gasteiger partial charge < -0.3 is 30.4 Å². The maximum atomic E-state index is 6.05. The standard InChI is InChI=1S/C10H20N2O4/c1-9(2)15-6-4-14-10(12,5-11)8(13-3)7(6)16-9/h6-8H,4-5,11-12H2,1-3H3/t6-,7+,8?,10+/m1/s1. The zero-order valence-corrected chi connectivity index (χ0v) is 9.93. The van der Waals surface area contributed by atoms with Crippen LogP contribution in [0.5, 0.6) is 0 Å². The van der Waals surface area contributed by atoms with Gasteiger partial charge in [-0.15, -0.1) is 0 Å². The first-order chi connectivity index (χ1) is 7.42. The van der Waals surface area contributed by atoms with Crippen molar-refractivity contribution in [2.45, 2.75) is 43.7 Å². The lowest BCUT2D eigenvalue weighted by Gasteiger charge is -2.43. The van der Waals surface area contributed by atoms with Gasteiger partial charge in [0.1, 0.15) is 18.3 Å². The molecule has 0 aliphatic carbocycles. The number of rotatable bonds is 2. The Kier molecular flexibility index (Phi) is 2.98. The molecule has 2 aliphatic heterocycles. The third kappa shape index (κ3) is 1.85. The van der Waals surface area contributed by atoms with Crippen LogP contribution in [0.2, 0.25) is 0 Å². The van der Waals surface area contributed by atoms with Gasteiger partial charge in [0.15, 0.2) is 11.5 Å². The molecule has 6 nitrogen and oxygen atoms in total. The molecule has 2 aliphatic rings. The van der Waals surface area contributed by atoms with Crippen molar-refractivity contribution in [2.24, 2.45) is 11.5 Å². The van der Waals surface area contributed by atoms with Gasteiger partial charge in [0.25, 0.3) is 0 Å². The molecule has 0 aromatic carbocycles. The van der Waals surface area contributed by atoms with Crippen molar-refractivity contribution in [1.82, 2.24) is 0 Å². The Morgan fingerprint density at radius 1 is 1.38 bits per heavy atom. The third-order valence-electron chi connectivity index (χ3n) is 3.09. The fraction of sp³-hybridized carbons (Fsp3) is 1.00. The van der Waals surface area contributed by atoms with Crippen molar-refractivity contribution in [3.8, 4) is 0 Å². The van der Waals surface area contributed by atoms with Crippen LogP contribution in [0.3, 0.4) is 0 Å². The molecule has 0 saturated carbocycles. The lowest BCUT2D eigenvalue weighted by Crippen LogP contribution is -2.68. The van der Waals surface area contributed by atoms with Crippen LogP contribution in [-0.2, 0) is 18.9 Å². The summed E-state index contributed by atoms with van der Waals surface area (Å²) in [4.78, 5) is 0. The van der Waals surface area contributed by atoms with Gasteiger partial charge in [-0.05, 0) is 13.8 Å². The maximum Gasteiger partial charge on any atom is 0.164 e. The summed E-state index contributed by atoms with van der Waals surface area (Å²) in [6.45, 7) is 4.28. The number of hydrogen-bond acceptors (Lipinski definition) is 6. The molecule has 0 aromatic rings. The van der Waals surface area contributed by atoms with E-state index in [-0.39, 0.29) is 18.8 Å². The number of ether oxygens (including phenoxy) is 4. The van der Waals surface area contributed by atoms with Crippen molar-refractivity contribution in [2.75, 3.05) is 20.3 Å². The molecule has 1 unspecified atom stereocenters. The maximum absolute atomic E-state index is 6.05. The van der Waals surface area contributed by atoms with Gasteiger partial charge in [-0.25, -0.2) is 0 Å². The molecule has 16 heavy (non-hydrogen) atoms. The van der Waals surface area contributed by atoms with E-state index >= 15 is 0 Å². The van der Waals surface area contributed by atoms with E-state index in [0.29, 0.717) is 6.61 Å². The first-order valence-electron chi connectivity index (χ1n) is 5.43. The highest BCUT2D eigenvalue weighted by atomic mass is 16.8. The largest absolute Gasteiger partial charge is 0.374 e. The number of nitrogens with two attached hydrogens (primary N) is 2. The van der Waals surface area contributed by atoms with Crippen LogP contribution in [-0.4, -0.2) is 50.1 Å². The van der Waals surface area contributed by atoms with Crippen LogP contribution in [0.4, 0.5) is 0 Å². The van der Waals surface area contributed by atoms with E-state index in [1.807, 2.05) is 13.8 Å². The second-order valence-corrected chi connectivity index (χ2v) is 4.76. The highest BCUT2D eigenvalue weighted by molar-refractivity contribution is 5.01. The summed E-state index contributed by atoms with van der Waals surface area (Å²) in [5.41, 5.74) is 10.7. The molecule has 4 N–H and O–H groups in total. The van der Waals surface area contributed by atoms with Gasteiger partial charge in [0.2, 0.25) is 0 Å². The molecule has 0 spiro atoms. The highest BCUT2D eigenvalue weighted by Crippen LogP contribution is 2.37. The molecule has 6 heteroatoms. The Morgan fingerprint density at radius 2 is 2.06 bits per heavy atom. The Labute approximate surface area is 95.1 Å². The Balaban J connectivity index is 2.20. The highest BCUT2D eigenvalue weighted by Gasteiger charge is 2.55. The quantitative estimate of drug-likeness (QED) is 0.645. The first-order valence-corrected chi connectivity index (χ1v) is 5.43. The normalized spacial score (nSPS) is 46.7. The van der Waals surface area contributed by atoms with E-state index < -0.39 is 17.6 Å². The molecule has 94 valence electrons. The number of hydrogen-bond donors (Lipinski definition) is 2. The van der Waals surface area contributed by atoms with Crippen molar-refractivity contribution in [3.05, 3.63) is 0 Å². The first kappa shape index (κ1) is 12.2. The molecule has 2 heterocycles. The number of methoxy groups -OCH3 is 1. The lowest BCUT2D eigenvalue weighted by atomic mass is 9.95. The van der Waals surface area contributed by atoms with Crippen LogP contribution < -0.4 is 11.5 Å². The molecule has 0 amide bonds. The van der Waals surface area contributed by atoms with Gasteiger partial charge >= 0.3 is 0 Å². The van der Waals surface area contributed by atoms with Gasteiger partial charge in [-0.1, -0.05) is 0 Å². The molecule has 2 fully saturated rings. The van der Waals surface area contributed by atoms with Crippen LogP contribution in [0, 0.1) is 0 Å².